The Labute approximate surface area is 143 Å². The Bertz CT molecular complexity index is 850. The van der Waals surface area contributed by atoms with Crippen molar-refractivity contribution in [3.63, 3.8) is 0 Å². The van der Waals surface area contributed by atoms with E-state index in [1.54, 1.807) is 38.4 Å². The summed E-state index contributed by atoms with van der Waals surface area (Å²) in [6, 6.07) is 11.2. The molecular formula is C17H14N4O4. The van der Waals surface area contributed by atoms with Crippen LogP contribution in [0.5, 0.6) is 11.6 Å². The molecule has 126 valence electrons. The second-order valence-electron chi connectivity index (χ2n) is 5.15. The van der Waals surface area contributed by atoms with Gasteiger partial charge in [-0.05, 0) is 23.8 Å². The minimum atomic E-state index is -0.542. The maximum Gasteiger partial charge on any atom is 0.287 e. The number of nitrogens with zero attached hydrogens (tertiary/aromatic N) is 4. The van der Waals surface area contributed by atoms with Crippen molar-refractivity contribution < 1.29 is 14.5 Å². The van der Waals surface area contributed by atoms with Gasteiger partial charge < -0.3 is 9.64 Å². The Balaban J connectivity index is 2.13. The van der Waals surface area contributed by atoms with Crippen LogP contribution in [0.25, 0.3) is 6.08 Å². The van der Waals surface area contributed by atoms with Crippen LogP contribution in [0.4, 0.5) is 5.69 Å². The topological polar surface area (TPSA) is 109 Å². The van der Waals surface area contributed by atoms with E-state index in [0.29, 0.717) is 11.3 Å². The molecule has 25 heavy (non-hydrogen) atoms. The van der Waals surface area contributed by atoms with Gasteiger partial charge in [0.05, 0.1) is 4.92 Å². The minimum Gasteiger partial charge on any atom is -0.439 e. The first-order chi connectivity index (χ1) is 11.9. The first-order valence-corrected chi connectivity index (χ1v) is 7.12. The van der Waals surface area contributed by atoms with Crippen molar-refractivity contribution in [2.75, 3.05) is 14.1 Å². The van der Waals surface area contributed by atoms with E-state index in [4.69, 9.17) is 10.00 Å². The molecule has 2 rings (SSSR count). The third kappa shape index (κ3) is 4.62. The number of nitriles is 1. The van der Waals surface area contributed by atoms with E-state index in [9.17, 15) is 14.9 Å². The summed E-state index contributed by atoms with van der Waals surface area (Å²) in [5.41, 5.74) is 0.564. The molecule has 1 aromatic heterocycles. The lowest BCUT2D eigenvalue weighted by Crippen LogP contribution is -2.22. The second-order valence-corrected chi connectivity index (χ2v) is 5.15. The Morgan fingerprint density at radius 2 is 1.96 bits per heavy atom. The van der Waals surface area contributed by atoms with Crippen LogP contribution in [0.15, 0.2) is 48.2 Å². The van der Waals surface area contributed by atoms with Crippen LogP contribution in [0, 0.1) is 21.4 Å². The zero-order valence-corrected chi connectivity index (χ0v) is 13.5. The third-order valence-corrected chi connectivity index (χ3v) is 3.10. The van der Waals surface area contributed by atoms with Gasteiger partial charge in [0.1, 0.15) is 23.6 Å². The van der Waals surface area contributed by atoms with Crippen LogP contribution in [-0.4, -0.2) is 34.8 Å². The van der Waals surface area contributed by atoms with Crippen LogP contribution in [0.3, 0.4) is 0 Å². The number of aromatic nitrogens is 1. The molecule has 0 atom stereocenters. The molecule has 8 heteroatoms. The first-order valence-electron chi connectivity index (χ1n) is 7.12. The molecule has 0 aliphatic heterocycles. The molecule has 1 aromatic carbocycles. The molecule has 0 bridgehead atoms. The van der Waals surface area contributed by atoms with Crippen LogP contribution in [-0.2, 0) is 4.79 Å². The van der Waals surface area contributed by atoms with Crippen molar-refractivity contribution in [3.05, 3.63) is 63.8 Å². The number of ether oxygens (including phenoxy) is 1. The van der Waals surface area contributed by atoms with Crippen molar-refractivity contribution in [2.24, 2.45) is 0 Å². The summed E-state index contributed by atoms with van der Waals surface area (Å²) in [6.07, 6.45) is 2.59. The van der Waals surface area contributed by atoms with Gasteiger partial charge in [-0.25, -0.2) is 4.98 Å². The third-order valence-electron chi connectivity index (χ3n) is 3.10. The molecule has 0 aliphatic rings. The van der Waals surface area contributed by atoms with E-state index in [2.05, 4.69) is 4.98 Å². The minimum absolute atomic E-state index is 0.0238. The average Bonchev–Trinajstić information content (AvgIpc) is 2.61. The lowest BCUT2D eigenvalue weighted by Gasteiger charge is -2.08. The zero-order chi connectivity index (χ0) is 18.4. The highest BCUT2D eigenvalue weighted by atomic mass is 16.6. The zero-order valence-electron chi connectivity index (χ0n) is 13.5. The molecule has 1 heterocycles. The molecule has 0 fully saturated rings. The van der Waals surface area contributed by atoms with Gasteiger partial charge in [0.2, 0.25) is 5.88 Å². The van der Waals surface area contributed by atoms with E-state index in [-0.39, 0.29) is 23.0 Å². The maximum absolute atomic E-state index is 11.8. The quantitative estimate of drug-likeness (QED) is 0.359. The molecule has 0 saturated carbocycles. The van der Waals surface area contributed by atoms with Crippen LogP contribution >= 0.6 is 0 Å². The van der Waals surface area contributed by atoms with E-state index < -0.39 is 4.92 Å². The smallest absolute Gasteiger partial charge is 0.287 e. The largest absolute Gasteiger partial charge is 0.439 e. The lowest BCUT2D eigenvalue weighted by molar-refractivity contribution is -0.385. The number of likely N-dealkylation sites (N-methyl/N-ethyl adjacent to an activating group) is 1. The Morgan fingerprint density at radius 1 is 1.28 bits per heavy atom. The van der Waals surface area contributed by atoms with Crippen molar-refractivity contribution in [1.29, 1.82) is 5.26 Å². The number of rotatable bonds is 5. The van der Waals surface area contributed by atoms with Crippen molar-refractivity contribution >= 4 is 17.7 Å². The van der Waals surface area contributed by atoms with E-state index >= 15 is 0 Å². The summed E-state index contributed by atoms with van der Waals surface area (Å²) in [4.78, 5) is 27.0. The average molecular weight is 338 g/mol. The molecule has 0 radical (unpaired) electrons. The van der Waals surface area contributed by atoms with Gasteiger partial charge >= 0.3 is 0 Å². The Morgan fingerprint density at radius 3 is 2.44 bits per heavy atom. The fourth-order valence-electron chi connectivity index (χ4n) is 1.84. The highest BCUT2D eigenvalue weighted by molar-refractivity contribution is 6.01. The summed E-state index contributed by atoms with van der Waals surface area (Å²) in [6.45, 7) is 0. The number of pyridine rings is 1. The number of hydrogen-bond donors (Lipinski definition) is 0. The molecule has 0 spiro atoms. The van der Waals surface area contributed by atoms with Gasteiger partial charge in [0.25, 0.3) is 11.6 Å². The number of carbonyl (C=O) groups excluding carboxylic acids is 1. The fourth-order valence-corrected chi connectivity index (χ4v) is 1.84. The fraction of sp³-hybridized carbons (Fsp3) is 0.118. The first kappa shape index (κ1) is 17.6. The maximum atomic E-state index is 11.8. The number of nitro groups is 1. The monoisotopic (exact) mass is 338 g/mol. The van der Waals surface area contributed by atoms with Crippen molar-refractivity contribution in [3.8, 4) is 17.7 Å². The van der Waals surface area contributed by atoms with E-state index in [1.807, 2.05) is 6.07 Å². The van der Waals surface area contributed by atoms with Crippen molar-refractivity contribution in [2.45, 2.75) is 0 Å². The number of amides is 1. The summed E-state index contributed by atoms with van der Waals surface area (Å²) >= 11 is 0. The molecule has 0 aliphatic carbocycles. The summed E-state index contributed by atoms with van der Waals surface area (Å²) in [5, 5.41) is 19.7. The molecule has 0 unspecified atom stereocenters. The van der Waals surface area contributed by atoms with Crippen LogP contribution < -0.4 is 4.74 Å². The molecule has 1 amide bonds. The Hall–Kier alpha value is -3.73. The van der Waals surface area contributed by atoms with Crippen molar-refractivity contribution in [1.82, 2.24) is 9.88 Å². The predicted octanol–water partition coefficient (Wildman–Crippen LogP) is 2.78. The normalized spacial score (nSPS) is 10.7. The standard InChI is InChI=1S/C17H14N4O4/c1-20(2)17(22)13(10-18)9-12-3-6-15(7-4-12)25-16-8-5-14(11-19-16)21(23)24/h3-9,11H,1-2H3/b13-9-. The SMILES string of the molecule is CN(C)C(=O)/C(C#N)=C\c1ccc(Oc2ccc([N+](=O)[O-])cn2)cc1. The van der Waals surface area contributed by atoms with E-state index in [1.165, 1.54) is 23.1 Å². The molecular weight excluding hydrogens is 324 g/mol. The van der Waals surface area contributed by atoms with Gasteiger partial charge in [-0.15, -0.1) is 0 Å². The number of hydrogen-bond acceptors (Lipinski definition) is 6. The second kappa shape index (κ2) is 7.70. The molecule has 2 aromatic rings. The highest BCUT2D eigenvalue weighted by Gasteiger charge is 2.11. The summed E-state index contributed by atoms with van der Waals surface area (Å²) < 4.78 is 5.49. The summed E-state index contributed by atoms with van der Waals surface area (Å²) in [7, 11) is 3.14. The number of carbonyl (C=O) groups is 1. The molecule has 8 nitrogen and oxygen atoms in total. The molecule has 0 saturated heterocycles. The van der Waals surface area contributed by atoms with E-state index in [0.717, 1.165) is 6.20 Å². The van der Waals surface area contributed by atoms with Crippen LogP contribution in [0.1, 0.15) is 5.56 Å². The van der Waals surface area contributed by atoms with Gasteiger partial charge in [0.15, 0.2) is 0 Å². The Kier molecular flexibility index (Phi) is 5.43. The highest BCUT2D eigenvalue weighted by Crippen LogP contribution is 2.22. The van der Waals surface area contributed by atoms with Crippen LogP contribution in [0.2, 0.25) is 0 Å². The van der Waals surface area contributed by atoms with Gasteiger partial charge in [-0.2, -0.15) is 5.26 Å². The lowest BCUT2D eigenvalue weighted by atomic mass is 10.1. The van der Waals surface area contributed by atoms with Gasteiger partial charge in [-0.1, -0.05) is 12.1 Å². The van der Waals surface area contributed by atoms with Gasteiger partial charge in [0, 0.05) is 26.2 Å². The molecule has 0 N–H and O–H groups in total. The summed E-state index contributed by atoms with van der Waals surface area (Å²) in [5.74, 6) is 0.309. The van der Waals surface area contributed by atoms with Gasteiger partial charge in [-0.3, -0.25) is 14.9 Å². The number of benzene rings is 1. The predicted molar refractivity (Wildman–Crippen MR) is 89.7 cm³/mol.